The maximum atomic E-state index is 6.11. The highest BCUT2D eigenvalue weighted by Gasteiger charge is 2.05. The van der Waals surface area contributed by atoms with E-state index in [-0.39, 0.29) is 0 Å². The Hall–Kier alpha value is -1.52. The fourth-order valence-corrected chi connectivity index (χ4v) is 2.49. The van der Waals surface area contributed by atoms with E-state index in [1.54, 1.807) is 6.20 Å². The van der Waals surface area contributed by atoms with Crippen molar-refractivity contribution >= 4 is 44.1 Å². The standard InChI is InChI=1S/C14H10BrClN2O/c15-13-4-3-11(19-13)8-18-12-7-10(16)6-9-2-1-5-17-14(9)12/h1-7,18H,8H2. The zero-order chi connectivity index (χ0) is 13.2. The van der Waals surface area contributed by atoms with Gasteiger partial charge in [0, 0.05) is 16.6 Å². The lowest BCUT2D eigenvalue weighted by Crippen LogP contribution is -1.99. The predicted molar refractivity (Wildman–Crippen MR) is 80.5 cm³/mol. The molecule has 0 aliphatic rings. The molecule has 0 saturated heterocycles. The molecule has 3 nitrogen and oxygen atoms in total. The Morgan fingerprint density at radius 1 is 1.26 bits per heavy atom. The summed E-state index contributed by atoms with van der Waals surface area (Å²) in [4.78, 5) is 4.38. The van der Waals surface area contributed by atoms with E-state index in [0.717, 1.165) is 27.0 Å². The third-order valence-corrected chi connectivity index (χ3v) is 3.40. The van der Waals surface area contributed by atoms with Crippen molar-refractivity contribution < 1.29 is 4.42 Å². The number of halogens is 2. The molecule has 1 aromatic carbocycles. The summed E-state index contributed by atoms with van der Waals surface area (Å²) in [6, 6.07) is 11.4. The minimum absolute atomic E-state index is 0.581. The van der Waals surface area contributed by atoms with Crippen molar-refractivity contribution in [3.63, 3.8) is 0 Å². The van der Waals surface area contributed by atoms with Gasteiger partial charge in [-0.3, -0.25) is 4.98 Å². The molecule has 3 rings (SSSR count). The summed E-state index contributed by atoms with van der Waals surface area (Å²) in [5.74, 6) is 0.843. The van der Waals surface area contributed by atoms with Gasteiger partial charge in [-0.1, -0.05) is 17.7 Å². The molecule has 0 aliphatic heterocycles. The highest BCUT2D eigenvalue weighted by molar-refractivity contribution is 9.10. The molecule has 0 bridgehead atoms. The number of hydrogen-bond acceptors (Lipinski definition) is 3. The fraction of sp³-hybridized carbons (Fsp3) is 0.0714. The van der Waals surface area contributed by atoms with Crippen molar-refractivity contribution in [3.8, 4) is 0 Å². The highest BCUT2D eigenvalue weighted by Crippen LogP contribution is 2.27. The fourth-order valence-electron chi connectivity index (χ4n) is 1.92. The molecule has 1 N–H and O–H groups in total. The van der Waals surface area contributed by atoms with Crippen molar-refractivity contribution in [2.24, 2.45) is 0 Å². The normalized spacial score (nSPS) is 10.8. The first-order valence-electron chi connectivity index (χ1n) is 5.75. The number of anilines is 1. The maximum Gasteiger partial charge on any atom is 0.169 e. The Labute approximate surface area is 123 Å². The van der Waals surface area contributed by atoms with Gasteiger partial charge in [0.1, 0.15) is 5.76 Å². The summed E-state index contributed by atoms with van der Waals surface area (Å²) in [6.45, 7) is 0.581. The summed E-state index contributed by atoms with van der Waals surface area (Å²) in [5, 5.41) is 4.99. The van der Waals surface area contributed by atoms with Crippen molar-refractivity contribution in [2.45, 2.75) is 6.54 Å². The third-order valence-electron chi connectivity index (χ3n) is 2.75. The van der Waals surface area contributed by atoms with E-state index in [1.165, 1.54) is 0 Å². The average Bonchev–Trinajstić information content (AvgIpc) is 2.81. The van der Waals surface area contributed by atoms with E-state index in [0.29, 0.717) is 11.6 Å². The Kier molecular flexibility index (Phi) is 3.44. The first-order chi connectivity index (χ1) is 9.22. The average molecular weight is 338 g/mol. The maximum absolute atomic E-state index is 6.11. The van der Waals surface area contributed by atoms with Gasteiger partial charge in [-0.15, -0.1) is 0 Å². The number of furan rings is 1. The Bertz CT molecular complexity index is 726. The number of fused-ring (bicyclic) bond motifs is 1. The van der Waals surface area contributed by atoms with Gasteiger partial charge < -0.3 is 9.73 Å². The van der Waals surface area contributed by atoms with E-state index in [9.17, 15) is 0 Å². The van der Waals surface area contributed by atoms with Gasteiger partial charge in [0.05, 0.1) is 17.7 Å². The van der Waals surface area contributed by atoms with Crippen LogP contribution in [0.15, 0.2) is 51.7 Å². The second-order valence-corrected chi connectivity index (χ2v) is 5.31. The third kappa shape index (κ3) is 2.74. The molecule has 0 saturated carbocycles. The first kappa shape index (κ1) is 12.5. The lowest BCUT2D eigenvalue weighted by atomic mass is 10.2. The summed E-state index contributed by atoms with van der Waals surface area (Å²) >= 11 is 9.39. The Morgan fingerprint density at radius 3 is 2.95 bits per heavy atom. The van der Waals surface area contributed by atoms with Crippen LogP contribution in [0.5, 0.6) is 0 Å². The largest absolute Gasteiger partial charge is 0.452 e. The molecule has 0 spiro atoms. The zero-order valence-corrected chi connectivity index (χ0v) is 12.2. The van der Waals surface area contributed by atoms with Crippen LogP contribution < -0.4 is 5.32 Å². The highest BCUT2D eigenvalue weighted by atomic mass is 79.9. The molecule has 0 radical (unpaired) electrons. The summed E-state index contributed by atoms with van der Waals surface area (Å²) in [6.07, 6.45) is 1.77. The molecular formula is C14H10BrClN2O. The molecule has 0 unspecified atom stereocenters. The van der Waals surface area contributed by atoms with Gasteiger partial charge in [-0.05, 0) is 46.3 Å². The quantitative estimate of drug-likeness (QED) is 0.742. The predicted octanol–water partition coefficient (Wildman–Crippen LogP) is 4.86. The molecule has 19 heavy (non-hydrogen) atoms. The van der Waals surface area contributed by atoms with Crippen LogP contribution in [0.2, 0.25) is 5.02 Å². The van der Waals surface area contributed by atoms with Crippen molar-refractivity contribution in [1.82, 2.24) is 4.98 Å². The molecule has 0 atom stereocenters. The van der Waals surface area contributed by atoms with Crippen LogP contribution in [0.25, 0.3) is 10.9 Å². The van der Waals surface area contributed by atoms with Crippen LogP contribution in [0, 0.1) is 0 Å². The molecule has 2 heterocycles. The van der Waals surface area contributed by atoms with Gasteiger partial charge in [-0.2, -0.15) is 0 Å². The van der Waals surface area contributed by atoms with Crippen LogP contribution in [0.3, 0.4) is 0 Å². The SMILES string of the molecule is Clc1cc(NCc2ccc(Br)o2)c2ncccc2c1. The second-order valence-electron chi connectivity index (χ2n) is 4.09. The van der Waals surface area contributed by atoms with Crippen LogP contribution in [0.4, 0.5) is 5.69 Å². The van der Waals surface area contributed by atoms with Gasteiger partial charge in [0.15, 0.2) is 4.67 Å². The molecule has 5 heteroatoms. The van der Waals surface area contributed by atoms with Crippen LogP contribution in [0.1, 0.15) is 5.76 Å². The summed E-state index contributed by atoms with van der Waals surface area (Å²) < 4.78 is 6.17. The molecule has 96 valence electrons. The van der Waals surface area contributed by atoms with Crippen molar-refractivity contribution in [3.05, 3.63) is 58.0 Å². The number of pyridine rings is 1. The molecule has 2 aromatic heterocycles. The van der Waals surface area contributed by atoms with E-state index in [2.05, 4.69) is 26.2 Å². The lowest BCUT2D eigenvalue weighted by Gasteiger charge is -2.08. The number of hydrogen-bond donors (Lipinski definition) is 1. The van der Waals surface area contributed by atoms with Crippen LogP contribution in [-0.2, 0) is 6.54 Å². The smallest absolute Gasteiger partial charge is 0.169 e. The van der Waals surface area contributed by atoms with E-state index in [1.807, 2.05) is 36.4 Å². The van der Waals surface area contributed by atoms with Gasteiger partial charge in [0.2, 0.25) is 0 Å². The van der Waals surface area contributed by atoms with E-state index >= 15 is 0 Å². The van der Waals surface area contributed by atoms with Crippen LogP contribution in [-0.4, -0.2) is 4.98 Å². The van der Waals surface area contributed by atoms with Crippen molar-refractivity contribution in [2.75, 3.05) is 5.32 Å². The monoisotopic (exact) mass is 336 g/mol. The molecule has 0 fully saturated rings. The Balaban J connectivity index is 1.91. The molecule has 0 aliphatic carbocycles. The van der Waals surface area contributed by atoms with Crippen molar-refractivity contribution in [1.29, 1.82) is 0 Å². The number of aromatic nitrogens is 1. The van der Waals surface area contributed by atoms with Gasteiger partial charge in [0.25, 0.3) is 0 Å². The topological polar surface area (TPSA) is 38.1 Å². The first-order valence-corrected chi connectivity index (χ1v) is 6.92. The van der Waals surface area contributed by atoms with Crippen LogP contribution >= 0.6 is 27.5 Å². The molecule has 0 amide bonds. The lowest BCUT2D eigenvalue weighted by molar-refractivity contribution is 0.495. The van der Waals surface area contributed by atoms with E-state index in [4.69, 9.17) is 16.0 Å². The Morgan fingerprint density at radius 2 is 2.16 bits per heavy atom. The number of benzene rings is 1. The summed E-state index contributed by atoms with van der Waals surface area (Å²) in [7, 11) is 0. The number of rotatable bonds is 3. The number of nitrogens with zero attached hydrogens (tertiary/aromatic N) is 1. The molecular weight excluding hydrogens is 328 g/mol. The number of nitrogens with one attached hydrogen (secondary N) is 1. The molecule has 3 aromatic rings. The second kappa shape index (κ2) is 5.23. The van der Waals surface area contributed by atoms with Gasteiger partial charge in [-0.25, -0.2) is 0 Å². The van der Waals surface area contributed by atoms with Gasteiger partial charge >= 0.3 is 0 Å². The minimum Gasteiger partial charge on any atom is -0.452 e. The summed E-state index contributed by atoms with van der Waals surface area (Å²) in [5.41, 5.74) is 1.80. The van der Waals surface area contributed by atoms with E-state index < -0.39 is 0 Å². The minimum atomic E-state index is 0.581. The zero-order valence-electron chi connectivity index (χ0n) is 9.86.